The number of ether oxygens (including phenoxy) is 2. The molecule has 0 aromatic heterocycles. The number of hydrogen-bond donors (Lipinski definition) is 2. The lowest BCUT2D eigenvalue weighted by molar-refractivity contribution is -0.143. The number of piperidine rings is 1. The van der Waals surface area contributed by atoms with Gasteiger partial charge >= 0.3 is 5.97 Å². The molecule has 0 spiro atoms. The molecule has 8 nitrogen and oxygen atoms in total. The fourth-order valence-electron chi connectivity index (χ4n) is 2.83. The number of carbonyl (C=O) groups is 3. The zero-order valence-corrected chi connectivity index (χ0v) is 15.5. The SMILES string of the molecule is CCOCCOCC(=O)Nc1ccc(C(=O)N2CCC(C(=O)O)CC2)cc1. The Morgan fingerprint density at radius 3 is 2.33 bits per heavy atom. The zero-order valence-electron chi connectivity index (χ0n) is 15.5. The van der Waals surface area contributed by atoms with Gasteiger partial charge in [0.1, 0.15) is 6.61 Å². The molecule has 1 fully saturated rings. The quantitative estimate of drug-likeness (QED) is 0.633. The average Bonchev–Trinajstić information content (AvgIpc) is 2.68. The molecule has 8 heteroatoms. The first kappa shape index (κ1) is 20.9. The minimum absolute atomic E-state index is 0.0632. The fraction of sp³-hybridized carbons (Fsp3) is 0.526. The van der Waals surface area contributed by atoms with Gasteiger partial charge in [0, 0.05) is 30.9 Å². The number of rotatable bonds is 9. The predicted molar refractivity (Wildman–Crippen MR) is 98.6 cm³/mol. The van der Waals surface area contributed by atoms with Gasteiger partial charge in [0.15, 0.2) is 0 Å². The summed E-state index contributed by atoms with van der Waals surface area (Å²) in [7, 11) is 0. The van der Waals surface area contributed by atoms with Crippen LogP contribution in [0.15, 0.2) is 24.3 Å². The van der Waals surface area contributed by atoms with Gasteiger partial charge < -0.3 is 24.8 Å². The predicted octanol–water partition coefficient (Wildman–Crippen LogP) is 1.61. The van der Waals surface area contributed by atoms with E-state index in [1.54, 1.807) is 29.2 Å². The number of nitrogens with zero attached hydrogens (tertiary/aromatic N) is 1. The molecule has 2 rings (SSSR count). The average molecular weight is 378 g/mol. The van der Waals surface area contributed by atoms with E-state index in [2.05, 4.69) is 5.32 Å². The Kier molecular flexibility index (Phi) is 8.22. The van der Waals surface area contributed by atoms with Crippen molar-refractivity contribution in [1.82, 2.24) is 4.90 Å². The summed E-state index contributed by atoms with van der Waals surface area (Å²) in [4.78, 5) is 36.9. The Bertz CT molecular complexity index is 638. The molecule has 0 unspecified atom stereocenters. The number of nitrogens with one attached hydrogen (secondary N) is 1. The lowest BCUT2D eigenvalue weighted by Crippen LogP contribution is -2.40. The molecule has 0 aliphatic carbocycles. The molecule has 1 heterocycles. The molecule has 1 saturated heterocycles. The van der Waals surface area contributed by atoms with Gasteiger partial charge in [0.2, 0.25) is 5.91 Å². The molecular weight excluding hydrogens is 352 g/mol. The number of benzene rings is 1. The maximum atomic E-state index is 12.5. The molecule has 1 aromatic carbocycles. The van der Waals surface area contributed by atoms with Crippen molar-refractivity contribution in [3.05, 3.63) is 29.8 Å². The molecule has 0 atom stereocenters. The number of anilines is 1. The number of amides is 2. The van der Waals surface area contributed by atoms with E-state index < -0.39 is 5.97 Å². The number of likely N-dealkylation sites (tertiary alicyclic amines) is 1. The zero-order chi connectivity index (χ0) is 19.6. The first-order valence-electron chi connectivity index (χ1n) is 9.08. The van der Waals surface area contributed by atoms with E-state index in [1.165, 1.54) is 0 Å². The van der Waals surface area contributed by atoms with Crippen LogP contribution >= 0.6 is 0 Å². The van der Waals surface area contributed by atoms with Gasteiger partial charge in [-0.15, -0.1) is 0 Å². The number of carbonyl (C=O) groups excluding carboxylic acids is 2. The first-order chi connectivity index (χ1) is 13.0. The molecule has 0 saturated carbocycles. The molecule has 1 aliphatic heterocycles. The highest BCUT2D eigenvalue weighted by atomic mass is 16.5. The van der Waals surface area contributed by atoms with E-state index >= 15 is 0 Å². The van der Waals surface area contributed by atoms with Gasteiger partial charge in [-0.05, 0) is 44.0 Å². The monoisotopic (exact) mass is 378 g/mol. The van der Waals surface area contributed by atoms with Crippen molar-refractivity contribution in [3.8, 4) is 0 Å². The van der Waals surface area contributed by atoms with Crippen LogP contribution in [-0.2, 0) is 19.1 Å². The number of aliphatic carboxylic acids is 1. The summed E-state index contributed by atoms with van der Waals surface area (Å²) in [6.07, 6.45) is 0.941. The molecule has 2 N–H and O–H groups in total. The van der Waals surface area contributed by atoms with Crippen molar-refractivity contribution in [2.45, 2.75) is 19.8 Å². The summed E-state index contributed by atoms with van der Waals surface area (Å²) >= 11 is 0. The minimum atomic E-state index is -0.802. The summed E-state index contributed by atoms with van der Waals surface area (Å²) in [6, 6.07) is 6.62. The van der Waals surface area contributed by atoms with E-state index in [-0.39, 0.29) is 24.3 Å². The number of carboxylic acids is 1. The fourth-order valence-corrected chi connectivity index (χ4v) is 2.83. The Balaban J connectivity index is 1.78. The highest BCUT2D eigenvalue weighted by Gasteiger charge is 2.27. The van der Waals surface area contributed by atoms with Gasteiger partial charge in [-0.25, -0.2) is 0 Å². The van der Waals surface area contributed by atoms with E-state index in [0.717, 1.165) is 0 Å². The third kappa shape index (κ3) is 6.65. The van der Waals surface area contributed by atoms with Gasteiger partial charge in [-0.2, -0.15) is 0 Å². The second kappa shape index (κ2) is 10.6. The number of hydrogen-bond acceptors (Lipinski definition) is 5. The largest absolute Gasteiger partial charge is 0.481 e. The summed E-state index contributed by atoms with van der Waals surface area (Å²) < 4.78 is 10.3. The van der Waals surface area contributed by atoms with Crippen LogP contribution in [0.3, 0.4) is 0 Å². The third-order valence-corrected chi connectivity index (χ3v) is 4.36. The second-order valence-electron chi connectivity index (χ2n) is 6.28. The van der Waals surface area contributed by atoms with Gasteiger partial charge in [0.05, 0.1) is 19.1 Å². The lowest BCUT2D eigenvalue weighted by atomic mass is 9.96. The van der Waals surface area contributed by atoms with Crippen molar-refractivity contribution in [2.24, 2.45) is 5.92 Å². The van der Waals surface area contributed by atoms with E-state index in [0.29, 0.717) is 57.0 Å². The van der Waals surface area contributed by atoms with Gasteiger partial charge in [-0.1, -0.05) is 0 Å². The standard InChI is InChI=1S/C19H26N2O6/c1-2-26-11-12-27-13-17(22)20-16-5-3-14(4-6-16)18(23)21-9-7-15(8-10-21)19(24)25/h3-6,15H,2,7-13H2,1H3,(H,20,22)(H,24,25). The topological polar surface area (TPSA) is 105 Å². The molecule has 0 bridgehead atoms. The van der Waals surface area contributed by atoms with E-state index in [1.807, 2.05) is 6.92 Å². The Morgan fingerprint density at radius 2 is 1.74 bits per heavy atom. The third-order valence-electron chi connectivity index (χ3n) is 4.36. The summed E-state index contributed by atoms with van der Waals surface area (Å²) in [5, 5.41) is 11.7. The normalized spacial score (nSPS) is 14.8. The molecule has 1 aliphatic rings. The Labute approximate surface area is 158 Å². The smallest absolute Gasteiger partial charge is 0.306 e. The number of carboxylic acid groups (broad SMARTS) is 1. The van der Waals surface area contributed by atoms with Crippen LogP contribution in [0.4, 0.5) is 5.69 Å². The van der Waals surface area contributed by atoms with Gasteiger partial charge in [-0.3, -0.25) is 14.4 Å². The van der Waals surface area contributed by atoms with Gasteiger partial charge in [0.25, 0.3) is 5.91 Å². The van der Waals surface area contributed by atoms with Crippen LogP contribution in [0.25, 0.3) is 0 Å². The van der Waals surface area contributed by atoms with E-state index in [9.17, 15) is 14.4 Å². The second-order valence-corrected chi connectivity index (χ2v) is 6.28. The van der Waals surface area contributed by atoms with Crippen molar-refractivity contribution < 1.29 is 29.0 Å². The lowest BCUT2D eigenvalue weighted by Gasteiger charge is -2.30. The summed E-state index contributed by atoms with van der Waals surface area (Å²) in [5.74, 6) is -1.58. The molecule has 1 aromatic rings. The maximum Gasteiger partial charge on any atom is 0.306 e. The van der Waals surface area contributed by atoms with Crippen LogP contribution in [0, 0.1) is 5.92 Å². The van der Waals surface area contributed by atoms with Crippen molar-refractivity contribution >= 4 is 23.5 Å². The summed E-state index contributed by atoms with van der Waals surface area (Å²) in [6.45, 7) is 4.11. The first-order valence-corrected chi connectivity index (χ1v) is 9.08. The highest BCUT2D eigenvalue weighted by molar-refractivity contribution is 5.96. The van der Waals surface area contributed by atoms with Crippen molar-refractivity contribution in [2.75, 3.05) is 44.8 Å². The maximum absolute atomic E-state index is 12.5. The van der Waals surface area contributed by atoms with Crippen molar-refractivity contribution in [1.29, 1.82) is 0 Å². The molecular formula is C19H26N2O6. The minimum Gasteiger partial charge on any atom is -0.481 e. The Hall–Kier alpha value is -2.45. The highest BCUT2D eigenvalue weighted by Crippen LogP contribution is 2.20. The van der Waals surface area contributed by atoms with Crippen LogP contribution in [0.5, 0.6) is 0 Å². The van der Waals surface area contributed by atoms with E-state index in [4.69, 9.17) is 14.6 Å². The molecule has 27 heavy (non-hydrogen) atoms. The molecule has 2 amide bonds. The van der Waals surface area contributed by atoms with Crippen LogP contribution in [-0.4, -0.2) is 67.3 Å². The van der Waals surface area contributed by atoms with Crippen LogP contribution in [0.2, 0.25) is 0 Å². The molecule has 148 valence electrons. The van der Waals surface area contributed by atoms with Crippen LogP contribution in [0.1, 0.15) is 30.1 Å². The van der Waals surface area contributed by atoms with Crippen molar-refractivity contribution in [3.63, 3.8) is 0 Å². The molecule has 0 radical (unpaired) electrons. The Morgan fingerprint density at radius 1 is 1.11 bits per heavy atom. The summed E-state index contributed by atoms with van der Waals surface area (Å²) in [5.41, 5.74) is 1.09. The van der Waals surface area contributed by atoms with Crippen LogP contribution < -0.4 is 5.32 Å².